The van der Waals surface area contributed by atoms with Gasteiger partial charge in [0, 0.05) is 25.6 Å². The van der Waals surface area contributed by atoms with E-state index >= 15 is 0 Å². The van der Waals surface area contributed by atoms with Gasteiger partial charge in [0.25, 0.3) is 0 Å². The molecule has 0 saturated heterocycles. The first-order chi connectivity index (χ1) is 13.5. The van der Waals surface area contributed by atoms with Gasteiger partial charge in [0.15, 0.2) is 0 Å². The highest BCUT2D eigenvalue weighted by Gasteiger charge is 2.42. The van der Waals surface area contributed by atoms with E-state index in [0.29, 0.717) is 0 Å². The van der Waals surface area contributed by atoms with Gasteiger partial charge in [-0.1, -0.05) is 55.7 Å². The van der Waals surface area contributed by atoms with Crippen LogP contribution in [0.15, 0.2) is 48.5 Å². The molecule has 1 N–H and O–H groups in total. The van der Waals surface area contributed by atoms with E-state index in [9.17, 15) is 5.11 Å². The number of ether oxygens (including phenoxy) is 1. The maximum Gasteiger partial charge on any atom is 0.119 e. The van der Waals surface area contributed by atoms with Gasteiger partial charge in [-0.15, -0.1) is 0 Å². The van der Waals surface area contributed by atoms with E-state index in [1.165, 1.54) is 23.1 Å². The molecule has 2 aliphatic rings. The maximum absolute atomic E-state index is 11.5. The Labute approximate surface area is 169 Å². The molecule has 1 unspecified atom stereocenters. The Kier molecular flexibility index (Phi) is 5.75. The van der Waals surface area contributed by atoms with E-state index in [4.69, 9.17) is 4.74 Å². The second kappa shape index (κ2) is 8.26. The van der Waals surface area contributed by atoms with E-state index in [2.05, 4.69) is 67.3 Å². The zero-order valence-corrected chi connectivity index (χ0v) is 17.2. The van der Waals surface area contributed by atoms with Crippen molar-refractivity contribution in [3.63, 3.8) is 0 Å². The lowest BCUT2D eigenvalue weighted by Crippen LogP contribution is -2.46. The highest BCUT2D eigenvalue weighted by atomic mass is 16.5. The molecule has 28 heavy (non-hydrogen) atoms. The summed E-state index contributed by atoms with van der Waals surface area (Å²) in [5.74, 6) is 1.14. The molecular weight excluding hydrogens is 346 g/mol. The number of rotatable bonds is 5. The molecule has 1 aliphatic carbocycles. The van der Waals surface area contributed by atoms with Gasteiger partial charge in [-0.2, -0.15) is 0 Å². The summed E-state index contributed by atoms with van der Waals surface area (Å²) in [4.78, 5) is 2.50. The first-order valence-corrected chi connectivity index (χ1v) is 10.8. The van der Waals surface area contributed by atoms with E-state index in [1.54, 1.807) is 0 Å². The molecule has 1 atom stereocenters. The molecule has 0 aromatic heterocycles. The minimum atomic E-state index is -0.554. The SMILES string of the molecule is CC(C)Oc1ccc(CN2Cc3ccccc3C(C3(O)CCCCC3)C2)cc1. The number of benzene rings is 2. The molecular formula is C25H33NO2. The smallest absolute Gasteiger partial charge is 0.119 e. The molecule has 4 rings (SSSR count). The second-order valence-corrected chi connectivity index (χ2v) is 8.90. The van der Waals surface area contributed by atoms with Crippen molar-refractivity contribution in [3.8, 4) is 5.75 Å². The van der Waals surface area contributed by atoms with E-state index in [0.717, 1.165) is 51.1 Å². The van der Waals surface area contributed by atoms with Crippen LogP contribution in [0.1, 0.15) is 68.6 Å². The maximum atomic E-state index is 11.5. The Morgan fingerprint density at radius 2 is 1.75 bits per heavy atom. The standard InChI is InChI=1S/C25H33NO2/c1-19(2)28-22-12-10-20(11-13-22)16-26-17-21-8-4-5-9-23(21)24(18-26)25(27)14-6-3-7-15-25/h4-5,8-13,19,24,27H,3,6-7,14-18H2,1-2H3. The second-order valence-electron chi connectivity index (χ2n) is 8.90. The minimum Gasteiger partial charge on any atom is -0.491 e. The normalized spacial score (nSPS) is 22.1. The first kappa shape index (κ1) is 19.5. The van der Waals surface area contributed by atoms with Crippen molar-refractivity contribution in [2.24, 2.45) is 0 Å². The van der Waals surface area contributed by atoms with Crippen molar-refractivity contribution in [2.45, 2.75) is 76.7 Å². The predicted molar refractivity (Wildman–Crippen MR) is 114 cm³/mol. The number of nitrogens with zero attached hydrogens (tertiary/aromatic N) is 1. The molecule has 0 bridgehead atoms. The van der Waals surface area contributed by atoms with Gasteiger partial charge < -0.3 is 9.84 Å². The Morgan fingerprint density at radius 1 is 1.04 bits per heavy atom. The molecule has 1 fully saturated rings. The van der Waals surface area contributed by atoms with Crippen molar-refractivity contribution in [1.29, 1.82) is 0 Å². The number of fused-ring (bicyclic) bond motifs is 1. The van der Waals surface area contributed by atoms with Gasteiger partial charge in [0.05, 0.1) is 11.7 Å². The number of aliphatic hydroxyl groups is 1. The summed E-state index contributed by atoms with van der Waals surface area (Å²) in [5.41, 5.74) is 3.48. The molecule has 1 heterocycles. The highest BCUT2D eigenvalue weighted by Crippen LogP contribution is 2.43. The van der Waals surface area contributed by atoms with Crippen LogP contribution in [-0.4, -0.2) is 28.3 Å². The molecule has 2 aromatic rings. The third kappa shape index (κ3) is 4.26. The fourth-order valence-corrected chi connectivity index (χ4v) is 4.98. The fraction of sp³-hybridized carbons (Fsp3) is 0.520. The quantitative estimate of drug-likeness (QED) is 0.768. The molecule has 3 heteroatoms. The van der Waals surface area contributed by atoms with Gasteiger partial charge in [-0.3, -0.25) is 4.90 Å². The Morgan fingerprint density at radius 3 is 2.46 bits per heavy atom. The Bertz CT molecular complexity index is 777. The summed E-state index contributed by atoms with van der Waals surface area (Å²) in [6.07, 6.45) is 5.60. The summed E-state index contributed by atoms with van der Waals surface area (Å²) in [7, 11) is 0. The lowest BCUT2D eigenvalue weighted by molar-refractivity contribution is -0.0364. The molecule has 1 saturated carbocycles. The average molecular weight is 380 g/mol. The van der Waals surface area contributed by atoms with Gasteiger partial charge >= 0.3 is 0 Å². The molecule has 1 aliphatic heterocycles. The van der Waals surface area contributed by atoms with Crippen LogP contribution in [0.2, 0.25) is 0 Å². The lowest BCUT2D eigenvalue weighted by Gasteiger charge is -2.45. The van der Waals surface area contributed by atoms with Crippen molar-refractivity contribution < 1.29 is 9.84 Å². The van der Waals surface area contributed by atoms with Crippen molar-refractivity contribution in [3.05, 3.63) is 65.2 Å². The summed E-state index contributed by atoms with van der Waals surface area (Å²) in [5, 5.41) is 11.5. The van der Waals surface area contributed by atoms with Crippen LogP contribution in [0.3, 0.4) is 0 Å². The van der Waals surface area contributed by atoms with Crippen LogP contribution in [0, 0.1) is 0 Å². The van der Waals surface area contributed by atoms with Gasteiger partial charge in [-0.25, -0.2) is 0 Å². The molecule has 2 aromatic carbocycles. The van der Waals surface area contributed by atoms with Crippen LogP contribution < -0.4 is 4.74 Å². The topological polar surface area (TPSA) is 32.7 Å². The number of hydrogen-bond donors (Lipinski definition) is 1. The minimum absolute atomic E-state index is 0.196. The summed E-state index contributed by atoms with van der Waals surface area (Å²) in [6.45, 7) is 6.89. The van der Waals surface area contributed by atoms with Gasteiger partial charge in [0.1, 0.15) is 5.75 Å². The predicted octanol–water partition coefficient (Wildman–Crippen LogP) is 5.27. The molecule has 0 radical (unpaired) electrons. The lowest BCUT2D eigenvalue weighted by atomic mass is 9.70. The van der Waals surface area contributed by atoms with Crippen LogP contribution in [0.25, 0.3) is 0 Å². The Balaban J connectivity index is 1.53. The first-order valence-electron chi connectivity index (χ1n) is 10.8. The largest absolute Gasteiger partial charge is 0.491 e. The van der Waals surface area contributed by atoms with Crippen LogP contribution >= 0.6 is 0 Å². The summed E-state index contributed by atoms with van der Waals surface area (Å²) < 4.78 is 5.77. The van der Waals surface area contributed by atoms with E-state index in [-0.39, 0.29) is 12.0 Å². The van der Waals surface area contributed by atoms with Crippen LogP contribution in [-0.2, 0) is 13.1 Å². The van der Waals surface area contributed by atoms with Crippen LogP contribution in [0.5, 0.6) is 5.75 Å². The summed E-state index contributed by atoms with van der Waals surface area (Å²) in [6, 6.07) is 17.2. The molecule has 3 nitrogen and oxygen atoms in total. The molecule has 0 amide bonds. The van der Waals surface area contributed by atoms with Gasteiger partial charge in [0.2, 0.25) is 0 Å². The average Bonchev–Trinajstić information content (AvgIpc) is 2.69. The fourth-order valence-electron chi connectivity index (χ4n) is 4.98. The van der Waals surface area contributed by atoms with Gasteiger partial charge in [-0.05, 0) is 55.5 Å². The highest BCUT2D eigenvalue weighted by molar-refractivity contribution is 5.36. The monoisotopic (exact) mass is 379 g/mol. The third-order valence-corrected chi connectivity index (χ3v) is 6.33. The van der Waals surface area contributed by atoms with Crippen molar-refractivity contribution in [2.75, 3.05) is 6.54 Å². The molecule has 150 valence electrons. The molecule has 0 spiro atoms. The zero-order chi connectivity index (χ0) is 19.6. The zero-order valence-electron chi connectivity index (χ0n) is 17.2. The third-order valence-electron chi connectivity index (χ3n) is 6.33. The van der Waals surface area contributed by atoms with Crippen molar-refractivity contribution in [1.82, 2.24) is 4.90 Å². The van der Waals surface area contributed by atoms with E-state index < -0.39 is 5.60 Å². The van der Waals surface area contributed by atoms with Crippen LogP contribution in [0.4, 0.5) is 0 Å². The van der Waals surface area contributed by atoms with Crippen molar-refractivity contribution >= 4 is 0 Å². The summed E-state index contributed by atoms with van der Waals surface area (Å²) >= 11 is 0. The number of hydrogen-bond acceptors (Lipinski definition) is 3. The Hall–Kier alpha value is -1.84. The van der Waals surface area contributed by atoms with E-state index in [1.807, 2.05) is 0 Å².